The molecule has 2 rings (SSSR count). The smallest absolute Gasteiger partial charge is 0.206 e. The van der Waals surface area contributed by atoms with Crippen LogP contribution in [-0.2, 0) is 9.84 Å². The number of nitrogens with zero attached hydrogens (tertiary/aromatic N) is 1. The number of hydrazone groups is 1. The van der Waals surface area contributed by atoms with Gasteiger partial charge in [0.15, 0.2) is 0 Å². The Morgan fingerprint density at radius 1 is 1.00 bits per heavy atom. The van der Waals surface area contributed by atoms with Gasteiger partial charge in [0.25, 0.3) is 0 Å². The van der Waals surface area contributed by atoms with Crippen molar-refractivity contribution in [2.24, 2.45) is 5.10 Å². The van der Waals surface area contributed by atoms with E-state index in [0.717, 1.165) is 23.4 Å². The number of nitrogens with one attached hydrogen (secondary N) is 1. The van der Waals surface area contributed by atoms with Crippen LogP contribution in [0.25, 0.3) is 0 Å². The molecule has 0 bridgehead atoms. The van der Waals surface area contributed by atoms with E-state index in [2.05, 4.69) is 24.4 Å². The monoisotopic (exact) mass is 344 g/mol. The van der Waals surface area contributed by atoms with E-state index >= 15 is 0 Å². The third-order valence-electron chi connectivity index (χ3n) is 3.91. The van der Waals surface area contributed by atoms with Gasteiger partial charge in [0.05, 0.1) is 15.5 Å². The second-order valence-electron chi connectivity index (χ2n) is 6.06. The third-order valence-corrected chi connectivity index (χ3v) is 5.69. The van der Waals surface area contributed by atoms with Crippen LogP contribution in [0.3, 0.4) is 0 Å². The zero-order valence-corrected chi connectivity index (χ0v) is 15.4. The minimum atomic E-state index is -3.50. The van der Waals surface area contributed by atoms with Gasteiger partial charge in [0.2, 0.25) is 9.84 Å². The number of hydrogen-bond donors (Lipinski definition) is 1. The van der Waals surface area contributed by atoms with Crippen LogP contribution in [0.2, 0.25) is 0 Å². The van der Waals surface area contributed by atoms with Gasteiger partial charge in [0.1, 0.15) is 0 Å². The second kappa shape index (κ2) is 7.62. The Hall–Kier alpha value is -2.14. The second-order valence-corrected chi connectivity index (χ2v) is 8.01. The first kappa shape index (κ1) is 18.2. The first-order valence-electron chi connectivity index (χ1n) is 8.09. The van der Waals surface area contributed by atoms with Gasteiger partial charge in [0, 0.05) is 5.71 Å². The molecule has 0 fully saturated rings. The fourth-order valence-electron chi connectivity index (χ4n) is 2.12. The van der Waals surface area contributed by atoms with Crippen molar-refractivity contribution in [3.05, 3.63) is 54.1 Å². The molecule has 24 heavy (non-hydrogen) atoms. The molecule has 0 unspecified atom stereocenters. The fraction of sp³-hybridized carbons (Fsp3) is 0.316. The van der Waals surface area contributed by atoms with Crippen LogP contribution in [0, 0.1) is 0 Å². The molecular formula is C19H24N2O2S. The molecule has 128 valence electrons. The maximum Gasteiger partial charge on any atom is 0.206 e. The number of rotatable bonds is 6. The number of benzene rings is 2. The van der Waals surface area contributed by atoms with Crippen LogP contribution in [0.5, 0.6) is 0 Å². The van der Waals surface area contributed by atoms with Crippen LogP contribution in [0.1, 0.15) is 45.6 Å². The lowest BCUT2D eigenvalue weighted by Gasteiger charge is -2.09. The summed E-state index contributed by atoms with van der Waals surface area (Å²) in [7, 11) is -3.50. The quantitative estimate of drug-likeness (QED) is 0.602. The molecule has 2 aromatic carbocycles. The minimum Gasteiger partial charge on any atom is -0.279 e. The summed E-state index contributed by atoms with van der Waals surface area (Å²) >= 11 is 0. The largest absolute Gasteiger partial charge is 0.279 e. The molecule has 0 spiro atoms. The SMILES string of the molecule is CC/C(C)=N\Nc1ccc(S(=O)(=O)c2ccc(C(C)C)cc2)cc1. The van der Waals surface area contributed by atoms with E-state index in [1.807, 2.05) is 26.0 Å². The molecule has 0 aliphatic carbocycles. The number of anilines is 1. The molecule has 0 saturated heterocycles. The zero-order chi connectivity index (χ0) is 17.7. The molecule has 2 aromatic rings. The number of hydrogen-bond acceptors (Lipinski definition) is 4. The standard InChI is InChI=1S/C19H24N2O2S/c1-5-15(4)20-21-17-8-12-19(13-9-17)24(22,23)18-10-6-16(7-11-18)14(2)3/h6-14,21H,5H2,1-4H3/b20-15-. The normalized spacial score (nSPS) is 12.5. The first-order chi connectivity index (χ1) is 11.3. The van der Waals surface area contributed by atoms with Crippen molar-refractivity contribution >= 4 is 21.2 Å². The topological polar surface area (TPSA) is 58.5 Å². The number of sulfone groups is 1. The van der Waals surface area contributed by atoms with Crippen molar-refractivity contribution in [2.75, 3.05) is 5.43 Å². The summed E-state index contributed by atoms with van der Waals surface area (Å²) in [5.41, 5.74) is 5.79. The third kappa shape index (κ3) is 4.23. The Kier molecular flexibility index (Phi) is 5.78. The van der Waals surface area contributed by atoms with Gasteiger partial charge < -0.3 is 0 Å². The Morgan fingerprint density at radius 3 is 1.96 bits per heavy atom. The molecule has 0 heterocycles. The first-order valence-corrected chi connectivity index (χ1v) is 9.57. The summed E-state index contributed by atoms with van der Waals surface area (Å²) in [4.78, 5) is 0.592. The lowest BCUT2D eigenvalue weighted by atomic mass is 10.0. The predicted molar refractivity (Wildman–Crippen MR) is 99.4 cm³/mol. The van der Waals surface area contributed by atoms with Crippen molar-refractivity contribution < 1.29 is 8.42 Å². The Labute approximate surface area is 144 Å². The highest BCUT2D eigenvalue weighted by Gasteiger charge is 2.17. The molecule has 0 saturated carbocycles. The van der Waals surface area contributed by atoms with E-state index in [-0.39, 0.29) is 4.90 Å². The van der Waals surface area contributed by atoms with E-state index in [0.29, 0.717) is 10.8 Å². The minimum absolute atomic E-state index is 0.279. The molecule has 0 aromatic heterocycles. The summed E-state index contributed by atoms with van der Waals surface area (Å²) in [5.74, 6) is 0.374. The summed E-state index contributed by atoms with van der Waals surface area (Å²) in [5, 5.41) is 4.21. The van der Waals surface area contributed by atoms with E-state index in [9.17, 15) is 8.42 Å². The molecule has 5 heteroatoms. The Balaban J connectivity index is 2.23. The lowest BCUT2D eigenvalue weighted by Crippen LogP contribution is -2.03. The van der Waals surface area contributed by atoms with Gasteiger partial charge in [-0.15, -0.1) is 0 Å². The van der Waals surface area contributed by atoms with Crippen LogP contribution in [0.4, 0.5) is 5.69 Å². The highest BCUT2D eigenvalue weighted by Crippen LogP contribution is 2.24. The van der Waals surface area contributed by atoms with E-state index < -0.39 is 9.84 Å². The molecule has 0 aliphatic rings. The zero-order valence-electron chi connectivity index (χ0n) is 14.6. The lowest BCUT2D eigenvalue weighted by molar-refractivity contribution is 0.596. The summed E-state index contributed by atoms with van der Waals surface area (Å²) in [6.07, 6.45) is 0.867. The molecule has 0 amide bonds. The Bertz CT molecular complexity index is 805. The van der Waals surface area contributed by atoms with Gasteiger partial charge in [-0.2, -0.15) is 5.10 Å². The van der Waals surface area contributed by atoms with Crippen LogP contribution in [-0.4, -0.2) is 14.1 Å². The molecule has 0 aliphatic heterocycles. The van der Waals surface area contributed by atoms with Crippen LogP contribution in [0.15, 0.2) is 63.4 Å². The van der Waals surface area contributed by atoms with E-state index in [1.165, 1.54) is 0 Å². The summed E-state index contributed by atoms with van der Waals surface area (Å²) in [6.45, 7) is 8.13. The Morgan fingerprint density at radius 2 is 1.50 bits per heavy atom. The fourth-order valence-corrected chi connectivity index (χ4v) is 3.38. The van der Waals surface area contributed by atoms with Crippen molar-refractivity contribution in [3.63, 3.8) is 0 Å². The molecule has 4 nitrogen and oxygen atoms in total. The van der Waals surface area contributed by atoms with Gasteiger partial charge in [-0.1, -0.05) is 32.9 Å². The van der Waals surface area contributed by atoms with Gasteiger partial charge >= 0.3 is 0 Å². The summed E-state index contributed by atoms with van der Waals surface area (Å²) in [6, 6.07) is 13.7. The molecular weight excluding hydrogens is 320 g/mol. The molecule has 0 radical (unpaired) electrons. The van der Waals surface area contributed by atoms with Crippen molar-refractivity contribution in [2.45, 2.75) is 49.8 Å². The van der Waals surface area contributed by atoms with Gasteiger partial charge in [-0.05, 0) is 61.2 Å². The maximum absolute atomic E-state index is 12.7. The van der Waals surface area contributed by atoms with Crippen molar-refractivity contribution in [3.8, 4) is 0 Å². The van der Waals surface area contributed by atoms with Crippen LogP contribution < -0.4 is 5.43 Å². The average molecular weight is 344 g/mol. The van der Waals surface area contributed by atoms with Gasteiger partial charge in [-0.25, -0.2) is 8.42 Å². The van der Waals surface area contributed by atoms with E-state index in [1.54, 1.807) is 36.4 Å². The van der Waals surface area contributed by atoms with Crippen molar-refractivity contribution in [1.29, 1.82) is 0 Å². The highest BCUT2D eigenvalue weighted by molar-refractivity contribution is 7.91. The predicted octanol–water partition coefficient (Wildman–Crippen LogP) is 4.84. The highest BCUT2D eigenvalue weighted by atomic mass is 32.2. The molecule has 0 atom stereocenters. The van der Waals surface area contributed by atoms with Crippen molar-refractivity contribution in [1.82, 2.24) is 0 Å². The van der Waals surface area contributed by atoms with Crippen LogP contribution >= 0.6 is 0 Å². The average Bonchev–Trinajstić information content (AvgIpc) is 2.60. The maximum atomic E-state index is 12.7. The van der Waals surface area contributed by atoms with Gasteiger partial charge in [-0.3, -0.25) is 5.43 Å². The summed E-state index contributed by atoms with van der Waals surface area (Å²) < 4.78 is 25.4. The molecule has 1 N–H and O–H groups in total. The van der Waals surface area contributed by atoms with E-state index in [4.69, 9.17) is 0 Å².